The second kappa shape index (κ2) is 17.3. The number of alkyl halides is 2. The van der Waals surface area contributed by atoms with E-state index in [1.165, 1.54) is 11.1 Å². The van der Waals surface area contributed by atoms with E-state index in [0.717, 1.165) is 6.42 Å². The zero-order valence-corrected chi connectivity index (χ0v) is 20.2. The van der Waals surface area contributed by atoms with E-state index < -0.39 is 10.4 Å². The van der Waals surface area contributed by atoms with Crippen LogP contribution in [0.5, 0.6) is 0 Å². The Kier molecular flexibility index (Phi) is 21.4. The minimum Gasteiger partial charge on any atom is -0.759 e. The summed E-state index contributed by atoms with van der Waals surface area (Å²) in [5, 5.41) is 0. The molecule has 0 saturated carbocycles. The summed E-state index contributed by atoms with van der Waals surface area (Å²) >= 11 is 11.2. The molecule has 0 aliphatic carbocycles. The molecule has 0 fully saturated rings. The zero-order valence-electron chi connectivity index (χ0n) is 13.9. The largest absolute Gasteiger partial charge is 1.00 e. The second-order valence-corrected chi connectivity index (χ2v) is 6.24. The average Bonchev–Trinajstić information content (AvgIpc) is 2.42. The van der Waals surface area contributed by atoms with Crippen LogP contribution in [0.2, 0.25) is 0 Å². The molecule has 0 radical (unpaired) electrons. The molecule has 0 aliphatic heterocycles. The first-order valence-corrected chi connectivity index (χ1v) is 8.39. The van der Waals surface area contributed by atoms with Gasteiger partial charge < -0.3 is 9.11 Å². The van der Waals surface area contributed by atoms with E-state index in [9.17, 15) is 0 Å². The van der Waals surface area contributed by atoms with Gasteiger partial charge in [-0.25, -0.2) is 0 Å². The molecule has 2 rings (SSSR count). The van der Waals surface area contributed by atoms with Gasteiger partial charge in [-0.3, -0.25) is 8.42 Å². The van der Waals surface area contributed by atoms with E-state index in [4.69, 9.17) is 40.7 Å². The number of rotatable bonds is 2. The van der Waals surface area contributed by atoms with Crippen molar-refractivity contribution in [2.75, 3.05) is 0 Å². The van der Waals surface area contributed by atoms with Gasteiger partial charge in [0, 0.05) is 16.8 Å². The van der Waals surface area contributed by atoms with E-state index in [0.29, 0.717) is 0 Å². The Morgan fingerprint density at radius 1 is 0.875 bits per heavy atom. The molecule has 0 aliphatic rings. The first kappa shape index (κ1) is 29.6. The third-order valence-corrected chi connectivity index (χ3v) is 2.49. The summed E-state index contributed by atoms with van der Waals surface area (Å²) in [4.78, 5) is -0.294. The van der Waals surface area contributed by atoms with E-state index in [1.54, 1.807) is 0 Å². The maximum Gasteiger partial charge on any atom is 1.00 e. The molecule has 4 nitrogen and oxygen atoms in total. The van der Waals surface area contributed by atoms with Gasteiger partial charge in [0.05, 0.1) is 0 Å². The van der Waals surface area contributed by atoms with Crippen molar-refractivity contribution in [2.45, 2.75) is 18.2 Å². The van der Waals surface area contributed by atoms with Crippen LogP contribution >= 0.6 is 23.2 Å². The van der Waals surface area contributed by atoms with E-state index in [2.05, 4.69) is 19.1 Å². The molecule has 0 bridgehead atoms. The van der Waals surface area contributed by atoms with Gasteiger partial charge in [0.2, 0.25) is 0 Å². The van der Waals surface area contributed by atoms with Gasteiger partial charge in [0.1, 0.15) is 4.84 Å². The van der Waals surface area contributed by atoms with E-state index >= 15 is 0 Å². The van der Waals surface area contributed by atoms with Crippen molar-refractivity contribution < 1.29 is 76.6 Å². The molecule has 9 heteroatoms. The maximum absolute atomic E-state index is 8.52. The molecule has 0 amide bonds. The summed E-state index contributed by atoms with van der Waals surface area (Å²) in [5.41, 5.74) is 2.44. The smallest absolute Gasteiger partial charge is 0.759 e. The Morgan fingerprint density at radius 3 is 1.42 bits per heavy atom. The van der Waals surface area contributed by atoms with Crippen molar-refractivity contribution >= 4 is 33.6 Å². The summed E-state index contributed by atoms with van der Waals surface area (Å²) in [6.07, 6.45) is 0.726. The molecule has 2 aromatic rings. The topological polar surface area (TPSA) is 80.3 Å². The number of hydrogen-bond acceptors (Lipinski definition) is 4. The Labute approximate surface area is 198 Å². The Bertz CT molecular complexity index is 574. The number of halogens is 2. The molecular formula is C15H16Cl2Na2O4S. The van der Waals surface area contributed by atoms with Crippen LogP contribution in [-0.2, 0) is 16.8 Å². The third kappa shape index (κ3) is 25.1. The van der Waals surface area contributed by atoms with Crippen LogP contribution in [0.25, 0.3) is 0 Å². The first-order chi connectivity index (χ1) is 10.2. The summed E-state index contributed by atoms with van der Waals surface area (Å²) in [6, 6.07) is 20.2. The van der Waals surface area contributed by atoms with Gasteiger partial charge in [-0.1, -0.05) is 66.2 Å². The fourth-order valence-corrected chi connectivity index (χ4v) is 1.64. The normalized spacial score (nSPS) is 9.25. The van der Waals surface area contributed by atoms with Crippen molar-refractivity contribution in [3.8, 4) is 0 Å². The van der Waals surface area contributed by atoms with Crippen LogP contribution in [0.4, 0.5) is 0 Å². The van der Waals surface area contributed by atoms with Crippen molar-refractivity contribution in [3.63, 3.8) is 0 Å². The van der Waals surface area contributed by atoms with Crippen molar-refractivity contribution in [1.82, 2.24) is 0 Å². The van der Waals surface area contributed by atoms with Gasteiger partial charge in [-0.05, 0) is 12.5 Å². The van der Waals surface area contributed by atoms with Crippen LogP contribution in [-0.4, -0.2) is 22.4 Å². The molecule has 0 saturated heterocycles. The third-order valence-electron chi connectivity index (χ3n) is 2.18. The number of aryl methyl sites for hydroxylation is 1. The van der Waals surface area contributed by atoms with Crippen molar-refractivity contribution in [2.24, 2.45) is 0 Å². The first-order valence-electron chi connectivity index (χ1n) is 6.19. The van der Waals surface area contributed by atoms with Crippen molar-refractivity contribution in [1.29, 1.82) is 0 Å². The quantitative estimate of drug-likeness (QED) is 0.242. The van der Waals surface area contributed by atoms with Crippen LogP contribution in [0.15, 0.2) is 60.7 Å². The standard InChI is InChI=1S/C9H10Cl2.C6H6.2Na.H2O4S/c1-7-2-4-8(5-3-7)6-9(10)11;1-2-4-6-5-3-1;;;1-5(2,3)4/h2-5,9H,6H2,1H3;1-6H;;;(H2,1,2,3,4)/q;;2*+1;/p-2. The van der Waals surface area contributed by atoms with Gasteiger partial charge >= 0.3 is 59.1 Å². The Hall–Kier alpha value is 0.890. The molecule has 0 unspecified atom stereocenters. The molecular weight excluding hydrogens is 393 g/mol. The van der Waals surface area contributed by atoms with Crippen LogP contribution < -0.4 is 59.1 Å². The van der Waals surface area contributed by atoms with E-state index in [1.807, 2.05) is 48.5 Å². The van der Waals surface area contributed by atoms with E-state index in [-0.39, 0.29) is 64.0 Å². The fraction of sp³-hybridized carbons (Fsp3) is 0.200. The monoisotopic (exact) mass is 408 g/mol. The van der Waals surface area contributed by atoms with Crippen LogP contribution in [0.1, 0.15) is 11.1 Å². The molecule has 122 valence electrons. The minimum absolute atomic E-state index is 0. The summed E-state index contributed by atoms with van der Waals surface area (Å²) in [5.74, 6) is 0. The maximum atomic E-state index is 8.52. The predicted molar refractivity (Wildman–Crippen MR) is 87.3 cm³/mol. The Morgan fingerprint density at radius 2 is 1.17 bits per heavy atom. The fourth-order valence-electron chi connectivity index (χ4n) is 1.29. The van der Waals surface area contributed by atoms with Gasteiger partial charge in [0.15, 0.2) is 0 Å². The second-order valence-electron chi connectivity index (χ2n) is 4.14. The van der Waals surface area contributed by atoms with Crippen LogP contribution in [0, 0.1) is 6.92 Å². The zero-order chi connectivity index (χ0) is 17.0. The number of hydrogen-bond donors (Lipinski definition) is 0. The molecule has 0 atom stereocenters. The molecule has 0 heterocycles. The molecule has 0 spiro atoms. The molecule has 0 N–H and O–H groups in total. The number of benzene rings is 2. The summed E-state index contributed by atoms with van der Waals surface area (Å²) < 4.78 is 34.1. The summed E-state index contributed by atoms with van der Waals surface area (Å²) in [6.45, 7) is 2.06. The molecule has 0 aromatic heterocycles. The van der Waals surface area contributed by atoms with Gasteiger partial charge in [-0.15, -0.1) is 23.2 Å². The SMILES string of the molecule is Cc1ccc(CC(Cl)Cl)cc1.O=S(=O)([O-])[O-].[Na+].[Na+].c1ccccc1. The van der Waals surface area contributed by atoms with Gasteiger partial charge in [0.25, 0.3) is 0 Å². The van der Waals surface area contributed by atoms with Crippen molar-refractivity contribution in [3.05, 3.63) is 71.8 Å². The minimum atomic E-state index is -5.17. The molecule has 2 aromatic carbocycles. The summed E-state index contributed by atoms with van der Waals surface area (Å²) in [7, 11) is -5.17. The predicted octanol–water partition coefficient (Wildman–Crippen LogP) is -2.30. The average molecular weight is 409 g/mol. The molecule has 24 heavy (non-hydrogen) atoms. The Balaban J connectivity index is -0.000000292. The van der Waals surface area contributed by atoms with Crippen LogP contribution in [0.3, 0.4) is 0 Å². The van der Waals surface area contributed by atoms with Gasteiger partial charge in [-0.2, -0.15) is 0 Å².